The Labute approximate surface area is 84.4 Å². The van der Waals surface area contributed by atoms with E-state index in [0.29, 0.717) is 12.5 Å². The van der Waals surface area contributed by atoms with Crippen molar-refractivity contribution in [2.24, 2.45) is 11.7 Å². The fourth-order valence-electron chi connectivity index (χ4n) is 1.61. The molecule has 4 nitrogen and oxygen atoms in total. The molecule has 0 amide bonds. The van der Waals surface area contributed by atoms with E-state index in [4.69, 9.17) is 10.5 Å². The minimum absolute atomic E-state index is 0.101. The van der Waals surface area contributed by atoms with Crippen molar-refractivity contribution in [3.8, 4) is 0 Å². The summed E-state index contributed by atoms with van der Waals surface area (Å²) in [6.07, 6.45) is 4.68. The summed E-state index contributed by atoms with van der Waals surface area (Å²) < 4.78 is 5.01. The lowest BCUT2D eigenvalue weighted by Crippen LogP contribution is -2.44. The lowest BCUT2D eigenvalue weighted by molar-refractivity contribution is -0.163. The van der Waals surface area contributed by atoms with Gasteiger partial charge in [-0.1, -0.05) is 12.8 Å². The van der Waals surface area contributed by atoms with Crippen molar-refractivity contribution in [3.63, 3.8) is 0 Å². The molecule has 1 fully saturated rings. The molecule has 0 heterocycles. The zero-order chi connectivity index (χ0) is 10.6. The van der Waals surface area contributed by atoms with Crippen molar-refractivity contribution in [2.75, 3.05) is 13.2 Å². The second-order valence-electron chi connectivity index (χ2n) is 4.23. The number of esters is 1. The van der Waals surface area contributed by atoms with Crippen LogP contribution in [0.3, 0.4) is 0 Å². The molecular formula is C10H19NO3. The van der Waals surface area contributed by atoms with Gasteiger partial charge in [0.05, 0.1) is 6.61 Å². The molecule has 0 aromatic rings. The van der Waals surface area contributed by atoms with Crippen molar-refractivity contribution in [1.29, 1.82) is 0 Å². The van der Waals surface area contributed by atoms with Crippen LogP contribution in [0.5, 0.6) is 0 Å². The third-order valence-corrected chi connectivity index (χ3v) is 2.76. The van der Waals surface area contributed by atoms with E-state index in [0.717, 1.165) is 12.8 Å². The highest BCUT2D eigenvalue weighted by molar-refractivity contribution is 5.79. The van der Waals surface area contributed by atoms with Gasteiger partial charge in [0.2, 0.25) is 0 Å². The second-order valence-corrected chi connectivity index (χ2v) is 4.23. The first-order chi connectivity index (χ1) is 6.56. The summed E-state index contributed by atoms with van der Waals surface area (Å²) >= 11 is 0. The van der Waals surface area contributed by atoms with Crippen molar-refractivity contribution in [2.45, 2.75) is 38.2 Å². The molecule has 1 aliphatic rings. The Morgan fingerprint density at radius 1 is 1.57 bits per heavy atom. The zero-order valence-corrected chi connectivity index (χ0v) is 8.66. The Hall–Kier alpha value is -0.610. The van der Waals surface area contributed by atoms with E-state index >= 15 is 0 Å². The summed E-state index contributed by atoms with van der Waals surface area (Å²) in [5.41, 5.74) is 3.71. The molecule has 14 heavy (non-hydrogen) atoms. The summed E-state index contributed by atoms with van der Waals surface area (Å²) in [5, 5.41) is 9.47. The third-order valence-electron chi connectivity index (χ3n) is 2.76. The largest absolute Gasteiger partial charge is 0.463 e. The number of aliphatic hydroxyl groups is 1. The van der Waals surface area contributed by atoms with Crippen LogP contribution in [0.2, 0.25) is 0 Å². The smallest absolute Gasteiger partial charge is 0.339 e. The summed E-state index contributed by atoms with van der Waals surface area (Å²) in [6.45, 7) is 1.70. The number of hydrogen-bond donors (Lipinski definition) is 2. The molecule has 0 aliphatic heterocycles. The maximum atomic E-state index is 11.3. The predicted octanol–water partition coefficient (Wildman–Crippen LogP) is 0.429. The molecule has 0 spiro atoms. The molecule has 1 unspecified atom stereocenters. The second kappa shape index (κ2) is 4.75. The van der Waals surface area contributed by atoms with Gasteiger partial charge in [-0.15, -0.1) is 0 Å². The number of hydrogen-bond acceptors (Lipinski definition) is 4. The average molecular weight is 201 g/mol. The van der Waals surface area contributed by atoms with Gasteiger partial charge >= 0.3 is 5.97 Å². The molecule has 1 saturated carbocycles. The van der Waals surface area contributed by atoms with Gasteiger partial charge in [-0.25, -0.2) is 4.79 Å². The van der Waals surface area contributed by atoms with Gasteiger partial charge in [0.1, 0.15) is 0 Å². The fraction of sp³-hybridized carbons (Fsp3) is 0.900. The Kier molecular flexibility index (Phi) is 3.89. The summed E-state index contributed by atoms with van der Waals surface area (Å²) in [7, 11) is 0. The number of carbonyl (C=O) groups excluding carboxylic acids is 1. The Balaban J connectivity index is 2.26. The van der Waals surface area contributed by atoms with Gasteiger partial charge in [0.25, 0.3) is 0 Å². The minimum Gasteiger partial charge on any atom is -0.463 e. The van der Waals surface area contributed by atoms with Crippen molar-refractivity contribution in [1.82, 2.24) is 0 Å². The van der Waals surface area contributed by atoms with Crippen LogP contribution in [0.25, 0.3) is 0 Å². The molecule has 0 radical (unpaired) electrons. The van der Waals surface area contributed by atoms with E-state index in [9.17, 15) is 9.90 Å². The molecule has 82 valence electrons. The predicted molar refractivity (Wildman–Crippen MR) is 52.6 cm³/mol. The van der Waals surface area contributed by atoms with E-state index in [1.807, 2.05) is 0 Å². The van der Waals surface area contributed by atoms with Gasteiger partial charge in [0.15, 0.2) is 5.60 Å². The molecule has 0 saturated heterocycles. The van der Waals surface area contributed by atoms with E-state index in [2.05, 4.69) is 0 Å². The van der Waals surface area contributed by atoms with Crippen LogP contribution in [0.4, 0.5) is 0 Å². The first-order valence-corrected chi connectivity index (χ1v) is 5.16. The SMILES string of the molecule is CC(O)(CN)C(=O)OCC1CCCC1. The number of carbonyl (C=O) groups is 1. The first-order valence-electron chi connectivity index (χ1n) is 5.16. The maximum Gasteiger partial charge on any atom is 0.339 e. The maximum absolute atomic E-state index is 11.3. The van der Waals surface area contributed by atoms with Crippen LogP contribution in [-0.4, -0.2) is 29.8 Å². The minimum atomic E-state index is -1.53. The summed E-state index contributed by atoms with van der Waals surface area (Å²) in [6, 6.07) is 0. The standard InChI is InChI=1S/C10H19NO3/c1-10(13,7-11)9(12)14-6-8-4-2-3-5-8/h8,13H,2-7,11H2,1H3. The van der Waals surface area contributed by atoms with Crippen LogP contribution in [0, 0.1) is 5.92 Å². The highest BCUT2D eigenvalue weighted by atomic mass is 16.5. The van der Waals surface area contributed by atoms with Crippen molar-refractivity contribution >= 4 is 5.97 Å². The van der Waals surface area contributed by atoms with E-state index in [1.165, 1.54) is 19.8 Å². The topological polar surface area (TPSA) is 72.5 Å². The van der Waals surface area contributed by atoms with Crippen molar-refractivity contribution in [3.05, 3.63) is 0 Å². The molecule has 0 aromatic heterocycles. The van der Waals surface area contributed by atoms with Crippen LogP contribution < -0.4 is 5.73 Å². The molecule has 3 N–H and O–H groups in total. The highest BCUT2D eigenvalue weighted by Gasteiger charge is 2.31. The number of ether oxygens (including phenoxy) is 1. The molecule has 4 heteroatoms. The van der Waals surface area contributed by atoms with Gasteiger partial charge in [-0.3, -0.25) is 0 Å². The molecule has 1 atom stereocenters. The quantitative estimate of drug-likeness (QED) is 0.647. The lowest BCUT2D eigenvalue weighted by Gasteiger charge is -2.20. The fourth-order valence-corrected chi connectivity index (χ4v) is 1.61. The number of nitrogens with two attached hydrogens (primary N) is 1. The summed E-state index contributed by atoms with van der Waals surface area (Å²) in [4.78, 5) is 11.3. The summed E-state index contributed by atoms with van der Waals surface area (Å²) in [5.74, 6) is -0.126. The van der Waals surface area contributed by atoms with Crippen LogP contribution in [-0.2, 0) is 9.53 Å². The molecule has 1 rings (SSSR count). The van der Waals surface area contributed by atoms with E-state index < -0.39 is 11.6 Å². The van der Waals surface area contributed by atoms with Crippen LogP contribution >= 0.6 is 0 Å². The Morgan fingerprint density at radius 3 is 2.64 bits per heavy atom. The van der Waals surface area contributed by atoms with Crippen molar-refractivity contribution < 1.29 is 14.6 Å². The normalized spacial score (nSPS) is 21.9. The highest BCUT2D eigenvalue weighted by Crippen LogP contribution is 2.25. The number of rotatable bonds is 4. The van der Waals surface area contributed by atoms with Crippen LogP contribution in [0.1, 0.15) is 32.6 Å². The van der Waals surface area contributed by atoms with Gasteiger partial charge in [-0.2, -0.15) is 0 Å². The molecular weight excluding hydrogens is 182 g/mol. The third kappa shape index (κ3) is 2.96. The Bertz CT molecular complexity index is 198. The zero-order valence-electron chi connectivity index (χ0n) is 8.66. The average Bonchev–Trinajstić information content (AvgIpc) is 2.66. The van der Waals surface area contributed by atoms with Crippen LogP contribution in [0.15, 0.2) is 0 Å². The molecule has 0 bridgehead atoms. The monoisotopic (exact) mass is 201 g/mol. The van der Waals surface area contributed by atoms with Gasteiger partial charge in [-0.05, 0) is 25.7 Å². The molecule has 1 aliphatic carbocycles. The first kappa shape index (κ1) is 11.5. The Morgan fingerprint density at radius 2 is 2.14 bits per heavy atom. The van der Waals surface area contributed by atoms with E-state index in [1.54, 1.807) is 0 Å². The van der Waals surface area contributed by atoms with Gasteiger partial charge in [0, 0.05) is 6.54 Å². The molecule has 0 aromatic carbocycles. The van der Waals surface area contributed by atoms with Gasteiger partial charge < -0.3 is 15.6 Å². The van der Waals surface area contributed by atoms with E-state index in [-0.39, 0.29) is 6.54 Å². The lowest BCUT2D eigenvalue weighted by atomic mass is 10.1.